The van der Waals surface area contributed by atoms with Gasteiger partial charge >= 0.3 is 0 Å². The van der Waals surface area contributed by atoms with E-state index in [9.17, 15) is 0 Å². The van der Waals surface area contributed by atoms with E-state index in [2.05, 4.69) is 53.1 Å². The van der Waals surface area contributed by atoms with Gasteiger partial charge in [0.1, 0.15) is 0 Å². The van der Waals surface area contributed by atoms with Crippen LogP contribution >= 0.6 is 11.3 Å². The van der Waals surface area contributed by atoms with Gasteiger partial charge in [-0.25, -0.2) is 15.0 Å². The summed E-state index contributed by atoms with van der Waals surface area (Å²) >= 11 is 1.78. The highest BCUT2D eigenvalue weighted by Gasteiger charge is 2.25. The van der Waals surface area contributed by atoms with Crippen molar-refractivity contribution >= 4 is 33.1 Å². The van der Waals surface area contributed by atoms with Crippen LogP contribution in [0, 0.1) is 0 Å². The SMILES string of the molecule is c1ccc(-c2nc(-c3ccccc3)nc(-c3cc4c(s3)Cc3cccc5c6ccccc6n-4c35)n2)cc1. The Bertz CT molecular complexity index is 1890. The predicted octanol–water partition coefficient (Wildman–Crippen LogP) is 7.94. The summed E-state index contributed by atoms with van der Waals surface area (Å²) in [5.74, 6) is 2.09. The maximum Gasteiger partial charge on any atom is 0.174 e. The van der Waals surface area contributed by atoms with Gasteiger partial charge in [0, 0.05) is 33.2 Å². The second-order valence-electron chi connectivity index (χ2n) is 9.30. The van der Waals surface area contributed by atoms with E-state index in [1.54, 1.807) is 11.3 Å². The number of aromatic nitrogens is 4. The molecule has 4 aromatic carbocycles. The van der Waals surface area contributed by atoms with Crippen LogP contribution in [0.4, 0.5) is 0 Å². The first-order chi connectivity index (χ1) is 18.3. The van der Waals surface area contributed by atoms with Crippen molar-refractivity contribution in [3.63, 3.8) is 0 Å². The Morgan fingerprint density at radius 3 is 1.95 bits per heavy atom. The molecular weight excluding hydrogens is 472 g/mol. The largest absolute Gasteiger partial charge is 0.308 e. The molecule has 4 nitrogen and oxygen atoms in total. The van der Waals surface area contributed by atoms with Crippen LogP contribution < -0.4 is 0 Å². The smallest absolute Gasteiger partial charge is 0.174 e. The summed E-state index contributed by atoms with van der Waals surface area (Å²) in [4.78, 5) is 17.2. The van der Waals surface area contributed by atoms with Crippen LogP contribution in [0.25, 0.3) is 61.0 Å². The van der Waals surface area contributed by atoms with Crippen molar-refractivity contribution in [2.45, 2.75) is 6.42 Å². The van der Waals surface area contributed by atoms with Gasteiger partial charge in [-0.05, 0) is 17.7 Å². The zero-order chi connectivity index (χ0) is 24.3. The van der Waals surface area contributed by atoms with E-state index in [1.807, 2.05) is 60.7 Å². The third kappa shape index (κ3) is 3.18. The van der Waals surface area contributed by atoms with Crippen LogP contribution in [0.15, 0.2) is 109 Å². The summed E-state index contributed by atoms with van der Waals surface area (Å²) in [6.45, 7) is 0. The van der Waals surface area contributed by atoms with Gasteiger partial charge in [0.2, 0.25) is 0 Å². The van der Waals surface area contributed by atoms with E-state index in [0.717, 1.165) is 22.4 Å². The summed E-state index contributed by atoms with van der Waals surface area (Å²) in [5.41, 5.74) is 7.10. The molecule has 1 aliphatic heterocycles. The molecule has 7 aromatic rings. The molecule has 0 saturated heterocycles. The Kier molecular flexibility index (Phi) is 4.42. The maximum atomic E-state index is 4.97. The molecule has 0 unspecified atom stereocenters. The molecule has 0 amide bonds. The van der Waals surface area contributed by atoms with Crippen molar-refractivity contribution in [2.24, 2.45) is 0 Å². The molecule has 37 heavy (non-hydrogen) atoms. The van der Waals surface area contributed by atoms with Gasteiger partial charge < -0.3 is 4.57 Å². The zero-order valence-electron chi connectivity index (χ0n) is 19.8. The molecular formula is C32H20N4S. The fourth-order valence-electron chi connectivity index (χ4n) is 5.42. The van der Waals surface area contributed by atoms with Crippen molar-refractivity contribution in [3.8, 4) is 39.2 Å². The van der Waals surface area contributed by atoms with Gasteiger partial charge in [-0.15, -0.1) is 11.3 Å². The number of benzene rings is 4. The normalized spacial score (nSPS) is 12.2. The van der Waals surface area contributed by atoms with Crippen LogP contribution in [0.5, 0.6) is 0 Å². The minimum absolute atomic E-state index is 0.688. The fraction of sp³-hybridized carbons (Fsp3) is 0.0312. The molecule has 0 N–H and O–H groups in total. The van der Waals surface area contributed by atoms with Gasteiger partial charge in [-0.1, -0.05) is 97.1 Å². The van der Waals surface area contributed by atoms with E-state index in [4.69, 9.17) is 15.0 Å². The Morgan fingerprint density at radius 2 is 1.22 bits per heavy atom. The van der Waals surface area contributed by atoms with Crippen LogP contribution in [0.2, 0.25) is 0 Å². The van der Waals surface area contributed by atoms with Crippen LogP contribution in [0.3, 0.4) is 0 Å². The number of hydrogen-bond donors (Lipinski definition) is 0. The predicted molar refractivity (Wildman–Crippen MR) is 151 cm³/mol. The molecule has 4 heterocycles. The molecule has 174 valence electrons. The van der Waals surface area contributed by atoms with Crippen LogP contribution in [-0.2, 0) is 6.42 Å². The molecule has 0 bridgehead atoms. The fourth-order valence-corrected chi connectivity index (χ4v) is 6.52. The highest BCUT2D eigenvalue weighted by atomic mass is 32.1. The summed E-state index contributed by atoms with van der Waals surface area (Å²) < 4.78 is 2.43. The lowest BCUT2D eigenvalue weighted by Crippen LogP contribution is -2.04. The number of rotatable bonds is 3. The average Bonchev–Trinajstić information content (AvgIpc) is 3.55. The Hall–Kier alpha value is -4.61. The van der Waals surface area contributed by atoms with Crippen molar-refractivity contribution in [1.29, 1.82) is 0 Å². The van der Waals surface area contributed by atoms with E-state index >= 15 is 0 Å². The Labute approximate surface area is 217 Å². The summed E-state index contributed by atoms with van der Waals surface area (Å²) in [6.07, 6.45) is 0.913. The van der Waals surface area contributed by atoms with E-state index < -0.39 is 0 Å². The molecule has 5 heteroatoms. The third-order valence-corrected chi connectivity index (χ3v) is 8.20. The number of thiophene rings is 1. The molecule has 8 rings (SSSR count). The molecule has 0 saturated carbocycles. The summed E-state index contributed by atoms with van der Waals surface area (Å²) in [7, 11) is 0. The maximum absolute atomic E-state index is 4.97. The molecule has 1 aliphatic rings. The van der Waals surface area contributed by atoms with Crippen molar-refractivity contribution < 1.29 is 0 Å². The Balaban J connectivity index is 1.36. The molecule has 0 atom stereocenters. The quantitative estimate of drug-likeness (QED) is 0.251. The van der Waals surface area contributed by atoms with E-state index in [0.29, 0.717) is 17.5 Å². The second kappa shape index (κ2) is 7.95. The summed E-state index contributed by atoms with van der Waals surface area (Å²) in [5, 5.41) is 2.60. The lowest BCUT2D eigenvalue weighted by atomic mass is 10.0. The minimum atomic E-state index is 0.688. The minimum Gasteiger partial charge on any atom is -0.308 e. The standard InChI is InChI=1S/C32H20N4S/c1-3-10-20(11-4-1)30-33-31(21-12-5-2-6-13-21)35-32(34-30)28-19-26-27(37-28)18-22-14-9-16-24-23-15-7-8-17-25(23)36(26)29(22)24/h1-17,19H,18H2. The number of para-hydroxylation sites is 2. The van der Waals surface area contributed by atoms with Gasteiger partial charge in [-0.3, -0.25) is 0 Å². The highest BCUT2D eigenvalue weighted by Crippen LogP contribution is 2.44. The molecule has 0 aliphatic carbocycles. The van der Waals surface area contributed by atoms with Crippen molar-refractivity contribution in [2.75, 3.05) is 0 Å². The van der Waals surface area contributed by atoms with Crippen molar-refractivity contribution in [1.82, 2.24) is 19.5 Å². The van der Waals surface area contributed by atoms with Gasteiger partial charge in [0.05, 0.1) is 21.6 Å². The van der Waals surface area contributed by atoms with Gasteiger partial charge in [0.15, 0.2) is 17.5 Å². The van der Waals surface area contributed by atoms with Gasteiger partial charge in [-0.2, -0.15) is 0 Å². The number of fused-ring (bicyclic) bond motifs is 5. The molecule has 3 aromatic heterocycles. The lowest BCUT2D eigenvalue weighted by Gasteiger charge is -2.16. The monoisotopic (exact) mass is 492 g/mol. The van der Waals surface area contributed by atoms with Crippen molar-refractivity contribution in [3.05, 3.63) is 120 Å². The lowest BCUT2D eigenvalue weighted by molar-refractivity contribution is 1.07. The third-order valence-electron chi connectivity index (χ3n) is 7.08. The second-order valence-corrected chi connectivity index (χ2v) is 10.4. The van der Waals surface area contributed by atoms with E-state index in [-0.39, 0.29) is 0 Å². The van der Waals surface area contributed by atoms with Crippen LogP contribution in [0.1, 0.15) is 10.4 Å². The van der Waals surface area contributed by atoms with E-state index in [1.165, 1.54) is 37.9 Å². The number of nitrogens with zero attached hydrogens (tertiary/aromatic N) is 4. The first-order valence-electron chi connectivity index (χ1n) is 12.3. The van der Waals surface area contributed by atoms with Crippen LogP contribution in [-0.4, -0.2) is 19.5 Å². The van der Waals surface area contributed by atoms with Gasteiger partial charge in [0.25, 0.3) is 0 Å². The molecule has 0 spiro atoms. The average molecular weight is 493 g/mol. The highest BCUT2D eigenvalue weighted by molar-refractivity contribution is 7.15. The zero-order valence-corrected chi connectivity index (χ0v) is 20.6. The molecule has 0 radical (unpaired) electrons. The Morgan fingerprint density at radius 1 is 0.595 bits per heavy atom. The number of hydrogen-bond acceptors (Lipinski definition) is 4. The summed E-state index contributed by atoms with van der Waals surface area (Å²) in [6, 6.07) is 37.9. The molecule has 0 fully saturated rings. The first-order valence-corrected chi connectivity index (χ1v) is 13.2. The topological polar surface area (TPSA) is 43.6 Å². The first kappa shape index (κ1) is 20.6.